The Hall–Kier alpha value is -3.76. The molecular weight excluding hydrogens is 498 g/mol. The Morgan fingerprint density at radius 1 is 1.21 bits per heavy atom. The SMILES string of the molecule is C/C=N\N1C=CC(Oc2ccc(Nc3ncnc4cc(OC)c(N5CCNCC(S)C5)cc34)cc2C)=CC1. The van der Waals surface area contributed by atoms with Crippen molar-refractivity contribution >= 4 is 46.9 Å². The molecule has 1 fully saturated rings. The summed E-state index contributed by atoms with van der Waals surface area (Å²) in [5.41, 5.74) is 3.75. The minimum absolute atomic E-state index is 0.231. The minimum atomic E-state index is 0.231. The Labute approximate surface area is 228 Å². The summed E-state index contributed by atoms with van der Waals surface area (Å²) in [7, 11) is 1.69. The number of benzene rings is 2. The molecule has 0 aliphatic carbocycles. The summed E-state index contributed by atoms with van der Waals surface area (Å²) in [6, 6.07) is 10.1. The van der Waals surface area contributed by atoms with Crippen LogP contribution in [0, 0.1) is 6.92 Å². The zero-order valence-corrected chi connectivity index (χ0v) is 22.8. The molecule has 0 saturated carbocycles. The molecule has 1 atom stereocenters. The fourth-order valence-electron chi connectivity index (χ4n) is 4.58. The Bertz CT molecular complexity index is 1390. The fraction of sp³-hybridized carbons (Fsp3) is 0.321. The van der Waals surface area contributed by atoms with Crippen LogP contribution in [0.4, 0.5) is 17.2 Å². The highest BCUT2D eigenvalue weighted by Gasteiger charge is 2.20. The number of nitrogens with one attached hydrogen (secondary N) is 2. The van der Waals surface area contributed by atoms with E-state index in [0.29, 0.717) is 6.54 Å². The van der Waals surface area contributed by atoms with Crippen molar-refractivity contribution in [3.05, 3.63) is 66.3 Å². The van der Waals surface area contributed by atoms with Gasteiger partial charge in [0.05, 0.1) is 24.9 Å². The Morgan fingerprint density at radius 2 is 2.11 bits per heavy atom. The van der Waals surface area contributed by atoms with Gasteiger partial charge in [-0.05, 0) is 55.8 Å². The molecule has 0 bridgehead atoms. The maximum absolute atomic E-state index is 6.13. The first-order chi connectivity index (χ1) is 18.5. The number of ether oxygens (including phenoxy) is 2. The number of aromatic nitrogens is 2. The monoisotopic (exact) mass is 531 g/mol. The van der Waals surface area contributed by atoms with Gasteiger partial charge >= 0.3 is 0 Å². The van der Waals surface area contributed by atoms with Crippen molar-refractivity contribution in [2.75, 3.05) is 50.1 Å². The number of hydrogen-bond acceptors (Lipinski definition) is 10. The topological polar surface area (TPSA) is 87.1 Å². The molecule has 5 rings (SSSR count). The summed E-state index contributed by atoms with van der Waals surface area (Å²) in [6.07, 6.45) is 9.16. The van der Waals surface area contributed by atoms with Crippen molar-refractivity contribution in [2.24, 2.45) is 5.10 Å². The summed E-state index contributed by atoms with van der Waals surface area (Å²) in [6.45, 7) is 8.06. The van der Waals surface area contributed by atoms with Crippen LogP contribution >= 0.6 is 12.6 Å². The molecule has 0 radical (unpaired) electrons. The number of fused-ring (bicyclic) bond motifs is 1. The van der Waals surface area contributed by atoms with Crippen molar-refractivity contribution in [1.82, 2.24) is 20.3 Å². The molecule has 3 aromatic rings. The minimum Gasteiger partial charge on any atom is -0.495 e. The number of hydrazone groups is 1. The van der Waals surface area contributed by atoms with Crippen LogP contribution in [0.15, 0.2) is 65.9 Å². The van der Waals surface area contributed by atoms with Crippen LogP contribution in [0.5, 0.6) is 11.5 Å². The number of rotatable bonds is 7. The summed E-state index contributed by atoms with van der Waals surface area (Å²) in [5.74, 6) is 3.12. The van der Waals surface area contributed by atoms with Gasteiger partial charge in [-0.2, -0.15) is 17.7 Å². The molecule has 10 heteroatoms. The van der Waals surface area contributed by atoms with Gasteiger partial charge < -0.3 is 25.0 Å². The van der Waals surface area contributed by atoms with Crippen LogP contribution in [-0.4, -0.2) is 66.3 Å². The van der Waals surface area contributed by atoms with Gasteiger partial charge in [0.2, 0.25) is 0 Å². The van der Waals surface area contributed by atoms with E-state index in [1.807, 2.05) is 55.4 Å². The van der Waals surface area contributed by atoms with Crippen molar-refractivity contribution < 1.29 is 9.47 Å². The molecule has 9 nitrogen and oxygen atoms in total. The average molecular weight is 532 g/mol. The molecule has 38 heavy (non-hydrogen) atoms. The molecule has 3 heterocycles. The molecule has 2 aromatic carbocycles. The van der Waals surface area contributed by atoms with E-state index in [9.17, 15) is 0 Å². The first kappa shape index (κ1) is 25.9. The normalized spacial score (nSPS) is 18.0. The van der Waals surface area contributed by atoms with E-state index in [-0.39, 0.29) is 5.25 Å². The lowest BCUT2D eigenvalue weighted by atomic mass is 10.1. The van der Waals surface area contributed by atoms with Gasteiger partial charge in [0.1, 0.15) is 29.4 Å². The van der Waals surface area contributed by atoms with E-state index >= 15 is 0 Å². The molecule has 0 amide bonds. The molecule has 1 aromatic heterocycles. The van der Waals surface area contributed by atoms with Crippen molar-refractivity contribution in [2.45, 2.75) is 19.1 Å². The molecule has 0 spiro atoms. The maximum Gasteiger partial charge on any atom is 0.144 e. The van der Waals surface area contributed by atoms with Gasteiger partial charge in [-0.3, -0.25) is 5.01 Å². The Balaban J connectivity index is 1.39. The molecule has 198 valence electrons. The van der Waals surface area contributed by atoms with Crippen molar-refractivity contribution in [3.63, 3.8) is 0 Å². The second-order valence-electron chi connectivity index (χ2n) is 9.19. The van der Waals surface area contributed by atoms with Crippen LogP contribution in [0.1, 0.15) is 12.5 Å². The largest absolute Gasteiger partial charge is 0.495 e. The maximum atomic E-state index is 6.13. The average Bonchev–Trinajstić information content (AvgIpc) is 3.15. The number of methoxy groups -OCH3 is 1. The smallest absolute Gasteiger partial charge is 0.144 e. The van der Waals surface area contributed by atoms with Gasteiger partial charge in [0.25, 0.3) is 0 Å². The summed E-state index contributed by atoms with van der Waals surface area (Å²) in [4.78, 5) is 11.4. The predicted molar refractivity (Wildman–Crippen MR) is 157 cm³/mol. The van der Waals surface area contributed by atoms with Gasteiger partial charge in [-0.25, -0.2) is 9.97 Å². The van der Waals surface area contributed by atoms with Gasteiger partial charge in [-0.15, -0.1) is 0 Å². The molecule has 2 N–H and O–H groups in total. The zero-order chi connectivity index (χ0) is 26.5. The van der Waals surface area contributed by atoms with Crippen LogP contribution in [0.2, 0.25) is 0 Å². The molecular formula is C28H33N7O2S. The number of hydrogen-bond donors (Lipinski definition) is 3. The number of nitrogens with zero attached hydrogens (tertiary/aromatic N) is 5. The van der Waals surface area contributed by atoms with E-state index in [0.717, 1.165) is 77.1 Å². The van der Waals surface area contributed by atoms with E-state index in [2.05, 4.69) is 42.7 Å². The molecule has 1 saturated heterocycles. The highest BCUT2D eigenvalue weighted by molar-refractivity contribution is 7.81. The first-order valence-corrected chi connectivity index (χ1v) is 13.2. The van der Waals surface area contributed by atoms with Crippen LogP contribution in [0.3, 0.4) is 0 Å². The number of anilines is 3. The zero-order valence-electron chi connectivity index (χ0n) is 21.9. The third-order valence-electron chi connectivity index (χ3n) is 6.47. The first-order valence-electron chi connectivity index (χ1n) is 12.7. The van der Waals surface area contributed by atoms with Crippen molar-refractivity contribution in [3.8, 4) is 11.5 Å². The Kier molecular flexibility index (Phi) is 8.00. The van der Waals surface area contributed by atoms with Gasteiger partial charge in [0, 0.05) is 61.0 Å². The lowest BCUT2D eigenvalue weighted by Gasteiger charge is -2.26. The van der Waals surface area contributed by atoms with Crippen LogP contribution in [-0.2, 0) is 0 Å². The van der Waals surface area contributed by atoms with E-state index in [1.165, 1.54) is 0 Å². The van der Waals surface area contributed by atoms with E-state index < -0.39 is 0 Å². The second-order valence-corrected chi connectivity index (χ2v) is 9.92. The van der Waals surface area contributed by atoms with Gasteiger partial charge in [0.15, 0.2) is 0 Å². The molecule has 2 aliphatic rings. The van der Waals surface area contributed by atoms with Crippen LogP contribution < -0.4 is 25.0 Å². The predicted octanol–water partition coefficient (Wildman–Crippen LogP) is 4.50. The summed E-state index contributed by atoms with van der Waals surface area (Å²) >= 11 is 4.73. The lowest BCUT2D eigenvalue weighted by molar-refractivity contribution is 0.393. The number of aryl methyl sites for hydroxylation is 1. The molecule has 1 unspecified atom stereocenters. The highest BCUT2D eigenvalue weighted by atomic mass is 32.1. The quantitative estimate of drug-likeness (QED) is 0.304. The van der Waals surface area contributed by atoms with Crippen molar-refractivity contribution in [1.29, 1.82) is 0 Å². The highest BCUT2D eigenvalue weighted by Crippen LogP contribution is 2.36. The van der Waals surface area contributed by atoms with Gasteiger partial charge in [-0.1, -0.05) is 0 Å². The third kappa shape index (κ3) is 5.87. The summed E-state index contributed by atoms with van der Waals surface area (Å²) < 4.78 is 11.9. The second kappa shape index (κ2) is 11.7. The fourth-order valence-corrected chi connectivity index (χ4v) is 4.91. The van der Waals surface area contributed by atoms with E-state index in [4.69, 9.17) is 22.1 Å². The Morgan fingerprint density at radius 3 is 2.87 bits per heavy atom. The van der Waals surface area contributed by atoms with Crippen LogP contribution in [0.25, 0.3) is 10.9 Å². The molecule has 2 aliphatic heterocycles. The standard InChI is InChI=1S/C28H33N7O2S/c1-4-32-35-10-7-21(8-11-35)37-26-6-5-20(13-19(26)2)33-28-23-14-25(34-12-9-29-16-22(38)17-34)27(36-3)15-24(23)30-18-31-28/h4-8,10,13-15,18,22,29,38H,9,11-12,16-17H2,1-3H3,(H,30,31,33)/b32-4-. The summed E-state index contributed by atoms with van der Waals surface area (Å²) in [5, 5.41) is 14.2. The lowest BCUT2D eigenvalue weighted by Crippen LogP contribution is -2.30. The van der Waals surface area contributed by atoms with E-state index in [1.54, 1.807) is 19.7 Å². The number of thiol groups is 1. The number of allylic oxidation sites excluding steroid dienone is 1. The third-order valence-corrected chi connectivity index (χ3v) is 6.81.